The van der Waals surface area contributed by atoms with Crippen LogP contribution in [0.25, 0.3) is 0 Å². The fourth-order valence-corrected chi connectivity index (χ4v) is 4.31. The summed E-state index contributed by atoms with van der Waals surface area (Å²) >= 11 is 5.85. The van der Waals surface area contributed by atoms with E-state index in [0.717, 1.165) is 6.20 Å². The number of pyridine rings is 2. The standard InChI is InChI=1S/C19H17ClFN5O3/c20-12-1-3-14(22-7-12)17(27)24-5-6-26-15(9-24)19(29-18(26)28)10-25(11-19)16-4-2-13(21)8-23-16/h1-4,7-8,15H,5-6,9-11H2. The number of fused-ring (bicyclic) bond motifs is 2. The lowest BCUT2D eigenvalue weighted by molar-refractivity contribution is -0.00678. The molecule has 10 heteroatoms. The number of hydrogen-bond donors (Lipinski definition) is 0. The van der Waals surface area contributed by atoms with Gasteiger partial charge in [-0.1, -0.05) is 11.6 Å². The molecule has 2 aromatic rings. The molecule has 5 rings (SSSR count). The molecule has 0 bridgehead atoms. The Bertz CT molecular complexity index is 965. The number of carbonyl (C=O) groups is 2. The van der Waals surface area contributed by atoms with E-state index in [1.54, 1.807) is 28.0 Å². The second kappa shape index (κ2) is 6.55. The molecular formula is C19H17ClFN5O3. The Hall–Kier alpha value is -2.94. The van der Waals surface area contributed by atoms with Crippen LogP contribution in [0.2, 0.25) is 5.02 Å². The summed E-state index contributed by atoms with van der Waals surface area (Å²) in [6.45, 7) is 2.06. The highest BCUT2D eigenvalue weighted by molar-refractivity contribution is 6.30. The molecule has 0 saturated carbocycles. The lowest BCUT2D eigenvalue weighted by atomic mass is 9.84. The van der Waals surface area contributed by atoms with E-state index in [1.807, 2.05) is 4.90 Å². The highest BCUT2D eigenvalue weighted by Gasteiger charge is 2.62. The van der Waals surface area contributed by atoms with E-state index < -0.39 is 11.4 Å². The molecule has 0 radical (unpaired) electrons. The fourth-order valence-electron chi connectivity index (χ4n) is 4.19. The van der Waals surface area contributed by atoms with Gasteiger partial charge in [0.2, 0.25) is 0 Å². The lowest BCUT2D eigenvalue weighted by Gasteiger charge is -2.51. The molecule has 5 heterocycles. The van der Waals surface area contributed by atoms with E-state index in [9.17, 15) is 14.0 Å². The first-order valence-electron chi connectivity index (χ1n) is 9.22. The van der Waals surface area contributed by atoms with Gasteiger partial charge in [-0.2, -0.15) is 0 Å². The predicted molar refractivity (Wildman–Crippen MR) is 101 cm³/mol. The molecular weight excluding hydrogens is 401 g/mol. The average Bonchev–Trinajstić information content (AvgIpc) is 3.00. The number of carbonyl (C=O) groups excluding carboxylic acids is 2. The van der Waals surface area contributed by atoms with Gasteiger partial charge >= 0.3 is 6.09 Å². The van der Waals surface area contributed by atoms with Crippen molar-refractivity contribution in [2.45, 2.75) is 11.6 Å². The summed E-state index contributed by atoms with van der Waals surface area (Å²) in [5.41, 5.74) is -0.396. The normalized spacial score (nSPS) is 22.3. The molecule has 2 aromatic heterocycles. The Labute approximate surface area is 170 Å². The Balaban J connectivity index is 1.32. The van der Waals surface area contributed by atoms with Gasteiger partial charge in [0.1, 0.15) is 17.3 Å². The molecule has 0 N–H and O–H groups in total. The average molecular weight is 418 g/mol. The number of anilines is 1. The van der Waals surface area contributed by atoms with Crippen LogP contribution in [0.15, 0.2) is 36.7 Å². The number of aromatic nitrogens is 2. The molecule has 150 valence electrons. The Morgan fingerprint density at radius 2 is 2.00 bits per heavy atom. The van der Waals surface area contributed by atoms with Crippen LogP contribution in [0.4, 0.5) is 15.0 Å². The van der Waals surface area contributed by atoms with E-state index in [2.05, 4.69) is 9.97 Å². The summed E-state index contributed by atoms with van der Waals surface area (Å²) in [5.74, 6) is 0.0209. The molecule has 8 nitrogen and oxygen atoms in total. The zero-order valence-electron chi connectivity index (χ0n) is 15.3. The quantitative estimate of drug-likeness (QED) is 0.741. The number of hydrogen-bond acceptors (Lipinski definition) is 6. The van der Waals surface area contributed by atoms with Crippen LogP contribution in [0, 0.1) is 5.82 Å². The van der Waals surface area contributed by atoms with Crippen molar-refractivity contribution in [1.82, 2.24) is 19.8 Å². The van der Waals surface area contributed by atoms with Gasteiger partial charge < -0.3 is 14.5 Å². The third-order valence-electron chi connectivity index (χ3n) is 5.70. The summed E-state index contributed by atoms with van der Waals surface area (Å²) < 4.78 is 18.8. The molecule has 3 aliphatic heterocycles. The zero-order chi connectivity index (χ0) is 20.2. The van der Waals surface area contributed by atoms with Crippen molar-refractivity contribution in [2.75, 3.05) is 37.6 Å². The van der Waals surface area contributed by atoms with Crippen molar-refractivity contribution in [3.05, 3.63) is 53.2 Å². The maximum atomic E-state index is 13.1. The van der Waals surface area contributed by atoms with Crippen molar-refractivity contribution in [3.63, 3.8) is 0 Å². The Morgan fingerprint density at radius 3 is 2.69 bits per heavy atom. The largest absolute Gasteiger partial charge is 0.437 e. The third-order valence-corrected chi connectivity index (χ3v) is 5.92. The van der Waals surface area contributed by atoms with E-state index in [-0.39, 0.29) is 18.0 Å². The molecule has 1 spiro atoms. The van der Waals surface area contributed by atoms with Gasteiger partial charge in [0.05, 0.1) is 30.4 Å². The van der Waals surface area contributed by atoms with Crippen LogP contribution in [0.3, 0.4) is 0 Å². The van der Waals surface area contributed by atoms with Crippen molar-refractivity contribution < 1.29 is 18.7 Å². The van der Waals surface area contributed by atoms with Gasteiger partial charge in [0.15, 0.2) is 5.60 Å². The van der Waals surface area contributed by atoms with Gasteiger partial charge in [-0.15, -0.1) is 0 Å². The first-order chi connectivity index (χ1) is 13.9. The van der Waals surface area contributed by atoms with Gasteiger partial charge in [-0.3, -0.25) is 9.69 Å². The van der Waals surface area contributed by atoms with Gasteiger partial charge in [0.25, 0.3) is 5.91 Å². The maximum absolute atomic E-state index is 13.1. The molecule has 1 atom stereocenters. The van der Waals surface area contributed by atoms with Crippen LogP contribution in [-0.4, -0.2) is 76.1 Å². The van der Waals surface area contributed by atoms with Crippen molar-refractivity contribution in [3.8, 4) is 0 Å². The summed E-state index contributed by atoms with van der Waals surface area (Å²) in [4.78, 5) is 38.7. The lowest BCUT2D eigenvalue weighted by Crippen LogP contribution is -2.71. The second-order valence-corrected chi connectivity index (χ2v) is 7.88. The molecule has 0 aromatic carbocycles. The first-order valence-corrected chi connectivity index (χ1v) is 9.60. The molecule has 1 unspecified atom stereocenters. The maximum Gasteiger partial charge on any atom is 0.411 e. The van der Waals surface area contributed by atoms with E-state index in [4.69, 9.17) is 16.3 Å². The Morgan fingerprint density at radius 1 is 1.17 bits per heavy atom. The summed E-state index contributed by atoms with van der Waals surface area (Å²) in [7, 11) is 0. The Kier molecular flexibility index (Phi) is 4.09. The van der Waals surface area contributed by atoms with Crippen LogP contribution >= 0.6 is 11.6 Å². The molecule has 2 amide bonds. The molecule has 29 heavy (non-hydrogen) atoms. The topological polar surface area (TPSA) is 78.9 Å². The van der Waals surface area contributed by atoms with Crippen LogP contribution in [-0.2, 0) is 4.74 Å². The summed E-state index contributed by atoms with van der Waals surface area (Å²) in [5, 5.41) is 0.462. The zero-order valence-corrected chi connectivity index (χ0v) is 16.0. The fraction of sp³-hybridized carbons (Fsp3) is 0.368. The third kappa shape index (κ3) is 2.96. The molecule has 3 aliphatic rings. The number of ether oxygens (including phenoxy) is 1. The molecule has 0 aliphatic carbocycles. The predicted octanol–water partition coefficient (Wildman–Crippen LogP) is 1.80. The summed E-state index contributed by atoms with van der Waals surface area (Å²) in [6.07, 6.45) is 2.24. The number of halogens is 2. The van der Waals surface area contributed by atoms with E-state index in [0.29, 0.717) is 49.3 Å². The highest BCUT2D eigenvalue weighted by Crippen LogP contribution is 2.41. The SMILES string of the molecule is O=C(c1ccc(Cl)cn1)N1CCN2C(=O)OC3(CN(c4ccc(F)cn4)C3)C2C1. The van der Waals surface area contributed by atoms with Gasteiger partial charge in [0, 0.05) is 25.8 Å². The van der Waals surface area contributed by atoms with Crippen molar-refractivity contribution >= 4 is 29.4 Å². The highest BCUT2D eigenvalue weighted by atomic mass is 35.5. The molecule has 3 saturated heterocycles. The first kappa shape index (κ1) is 18.1. The minimum Gasteiger partial charge on any atom is -0.437 e. The molecule has 3 fully saturated rings. The number of piperazine rings is 1. The monoisotopic (exact) mass is 417 g/mol. The van der Waals surface area contributed by atoms with E-state index >= 15 is 0 Å². The summed E-state index contributed by atoms with van der Waals surface area (Å²) in [6, 6.07) is 5.91. The minimum atomic E-state index is -0.709. The number of amides is 2. The van der Waals surface area contributed by atoms with Crippen LogP contribution in [0.1, 0.15) is 10.5 Å². The van der Waals surface area contributed by atoms with Crippen molar-refractivity contribution in [2.24, 2.45) is 0 Å². The second-order valence-electron chi connectivity index (χ2n) is 7.45. The van der Waals surface area contributed by atoms with Crippen LogP contribution < -0.4 is 4.90 Å². The minimum absolute atomic E-state index is 0.202. The number of rotatable bonds is 2. The van der Waals surface area contributed by atoms with Crippen molar-refractivity contribution in [1.29, 1.82) is 0 Å². The van der Waals surface area contributed by atoms with Crippen LogP contribution in [0.5, 0.6) is 0 Å². The van der Waals surface area contributed by atoms with Gasteiger partial charge in [-0.05, 0) is 24.3 Å². The number of nitrogens with zero attached hydrogens (tertiary/aromatic N) is 5. The van der Waals surface area contributed by atoms with E-state index in [1.165, 1.54) is 12.3 Å². The van der Waals surface area contributed by atoms with Gasteiger partial charge in [-0.25, -0.2) is 19.2 Å². The smallest absolute Gasteiger partial charge is 0.411 e.